The largest absolute Gasteiger partial charge is 1.00 e. The minimum atomic E-state index is 0. The van der Waals surface area contributed by atoms with Gasteiger partial charge in [0.2, 0.25) is 0 Å². The van der Waals surface area contributed by atoms with Crippen molar-refractivity contribution in [3.63, 3.8) is 0 Å². The normalized spacial score (nSPS) is 11.8. The summed E-state index contributed by atoms with van der Waals surface area (Å²) in [6.45, 7) is 2.29. The fourth-order valence-corrected chi connectivity index (χ4v) is 2.85. The second-order valence-corrected chi connectivity index (χ2v) is 7.89. The lowest BCUT2D eigenvalue weighted by Gasteiger charge is -2.17. The molecule has 0 fully saturated rings. The SMILES string of the molecule is CCCCCCCCCCCCCCCC/C=C\[N+](C)(C)C.[Cl-]. The average molecular weight is 346 g/mol. The van der Waals surface area contributed by atoms with E-state index in [0.29, 0.717) is 0 Å². The Labute approximate surface area is 153 Å². The van der Waals surface area contributed by atoms with Gasteiger partial charge in [-0.25, -0.2) is 0 Å². The highest BCUT2D eigenvalue weighted by atomic mass is 35.5. The number of hydrogen-bond acceptors (Lipinski definition) is 0. The highest BCUT2D eigenvalue weighted by Gasteiger charge is 1.98. The Hall–Kier alpha value is -0.0100. The Morgan fingerprint density at radius 1 is 0.565 bits per heavy atom. The number of hydrogen-bond donors (Lipinski definition) is 0. The molecular weight excluding hydrogens is 302 g/mol. The third kappa shape index (κ3) is 24.4. The summed E-state index contributed by atoms with van der Waals surface area (Å²) in [7, 11) is 6.63. The molecule has 0 atom stereocenters. The molecule has 0 aromatic carbocycles. The second kappa shape index (κ2) is 18.3. The van der Waals surface area contributed by atoms with Gasteiger partial charge in [0.15, 0.2) is 0 Å². The standard InChI is InChI=1S/C21H44N.ClH/c1-5-6-7-8-9-10-11-12-13-14-15-16-17-18-19-20-21-22(2,3)4;/h20-21H,5-19H2,1-4H3;1H/q+1;/p-1/b21-20-;. The van der Waals surface area contributed by atoms with Crippen molar-refractivity contribution in [2.75, 3.05) is 21.1 Å². The van der Waals surface area contributed by atoms with Gasteiger partial charge in [-0.1, -0.05) is 90.4 Å². The lowest BCUT2D eigenvalue weighted by molar-refractivity contribution is -0.817. The van der Waals surface area contributed by atoms with Crippen LogP contribution in [0.25, 0.3) is 0 Å². The van der Waals surface area contributed by atoms with E-state index in [1.54, 1.807) is 0 Å². The van der Waals surface area contributed by atoms with Crippen LogP contribution >= 0.6 is 0 Å². The molecule has 0 amide bonds. The van der Waals surface area contributed by atoms with E-state index in [1.807, 2.05) is 0 Å². The number of allylic oxidation sites excluding steroid dienone is 1. The van der Waals surface area contributed by atoms with Gasteiger partial charge < -0.3 is 16.9 Å². The number of nitrogens with zero attached hydrogens (tertiary/aromatic N) is 1. The molecule has 0 saturated carbocycles. The van der Waals surface area contributed by atoms with Crippen LogP contribution in [0.15, 0.2) is 12.3 Å². The Morgan fingerprint density at radius 2 is 0.913 bits per heavy atom. The molecule has 0 unspecified atom stereocenters. The molecule has 0 N–H and O–H groups in total. The fraction of sp³-hybridized carbons (Fsp3) is 0.905. The minimum Gasteiger partial charge on any atom is -1.00 e. The van der Waals surface area contributed by atoms with Crippen LogP contribution in [-0.4, -0.2) is 25.6 Å². The molecule has 0 aliphatic carbocycles. The smallest absolute Gasteiger partial charge is 0.0911 e. The van der Waals surface area contributed by atoms with Crippen LogP contribution < -0.4 is 12.4 Å². The first-order chi connectivity index (χ1) is 10.6. The fourth-order valence-electron chi connectivity index (χ4n) is 2.85. The lowest BCUT2D eigenvalue weighted by atomic mass is 10.0. The molecule has 0 aromatic heterocycles. The predicted octanol–water partition coefficient (Wildman–Crippen LogP) is 4.08. The van der Waals surface area contributed by atoms with Crippen LogP contribution in [0.1, 0.15) is 103 Å². The van der Waals surface area contributed by atoms with Crippen molar-refractivity contribution >= 4 is 0 Å². The van der Waals surface area contributed by atoms with E-state index in [1.165, 1.54) is 96.3 Å². The van der Waals surface area contributed by atoms with Gasteiger partial charge in [0.1, 0.15) is 0 Å². The number of unbranched alkanes of at least 4 members (excludes halogenated alkanes) is 14. The summed E-state index contributed by atoms with van der Waals surface area (Å²) in [6.07, 6.45) is 26.1. The first-order valence-electron chi connectivity index (χ1n) is 10.0. The van der Waals surface area contributed by atoms with E-state index >= 15 is 0 Å². The Kier molecular flexibility index (Phi) is 20.1. The summed E-state index contributed by atoms with van der Waals surface area (Å²) in [4.78, 5) is 0. The maximum atomic E-state index is 2.35. The maximum absolute atomic E-state index is 2.35. The molecule has 0 bridgehead atoms. The summed E-state index contributed by atoms with van der Waals surface area (Å²) in [6, 6.07) is 0. The topological polar surface area (TPSA) is 0 Å². The summed E-state index contributed by atoms with van der Waals surface area (Å²) in [5, 5.41) is 0. The van der Waals surface area contributed by atoms with Gasteiger partial charge in [-0.15, -0.1) is 0 Å². The van der Waals surface area contributed by atoms with Crippen molar-refractivity contribution in [2.45, 2.75) is 103 Å². The van der Waals surface area contributed by atoms with Gasteiger partial charge in [-0.05, 0) is 18.9 Å². The summed E-state index contributed by atoms with van der Waals surface area (Å²) >= 11 is 0. The van der Waals surface area contributed by atoms with Crippen molar-refractivity contribution in [1.29, 1.82) is 0 Å². The number of halogens is 1. The summed E-state index contributed by atoms with van der Waals surface area (Å²) < 4.78 is 0.943. The quantitative estimate of drug-likeness (QED) is 0.292. The van der Waals surface area contributed by atoms with Crippen molar-refractivity contribution in [3.05, 3.63) is 12.3 Å². The Bertz CT molecular complexity index is 243. The molecule has 0 radical (unpaired) electrons. The lowest BCUT2D eigenvalue weighted by Crippen LogP contribution is -3.00. The Morgan fingerprint density at radius 3 is 1.26 bits per heavy atom. The minimum absolute atomic E-state index is 0. The predicted molar refractivity (Wildman–Crippen MR) is 102 cm³/mol. The summed E-state index contributed by atoms with van der Waals surface area (Å²) in [5.41, 5.74) is 0. The first-order valence-corrected chi connectivity index (χ1v) is 10.0. The molecule has 2 heteroatoms. The van der Waals surface area contributed by atoms with Crippen LogP contribution in [0.5, 0.6) is 0 Å². The third-order valence-electron chi connectivity index (χ3n) is 4.28. The maximum Gasteiger partial charge on any atom is 0.0911 e. The van der Waals surface area contributed by atoms with Gasteiger partial charge >= 0.3 is 0 Å². The molecule has 0 spiro atoms. The van der Waals surface area contributed by atoms with Crippen molar-refractivity contribution in [3.8, 4) is 0 Å². The molecule has 0 rings (SSSR count). The summed E-state index contributed by atoms with van der Waals surface area (Å²) in [5.74, 6) is 0. The van der Waals surface area contributed by atoms with Crippen LogP contribution in [0.2, 0.25) is 0 Å². The van der Waals surface area contributed by atoms with E-state index < -0.39 is 0 Å². The zero-order valence-electron chi connectivity index (χ0n) is 16.6. The van der Waals surface area contributed by atoms with Crippen LogP contribution in [-0.2, 0) is 0 Å². The average Bonchev–Trinajstić information content (AvgIpc) is 2.45. The molecule has 1 nitrogen and oxygen atoms in total. The van der Waals surface area contributed by atoms with E-state index in [0.717, 1.165) is 4.48 Å². The van der Waals surface area contributed by atoms with E-state index in [2.05, 4.69) is 40.3 Å². The molecule has 23 heavy (non-hydrogen) atoms. The third-order valence-corrected chi connectivity index (χ3v) is 4.28. The van der Waals surface area contributed by atoms with Gasteiger partial charge in [0.05, 0.1) is 27.3 Å². The van der Waals surface area contributed by atoms with Gasteiger partial charge in [0, 0.05) is 0 Å². The van der Waals surface area contributed by atoms with Gasteiger partial charge in [-0.3, -0.25) is 0 Å². The van der Waals surface area contributed by atoms with Gasteiger partial charge in [0.25, 0.3) is 0 Å². The molecule has 0 saturated heterocycles. The van der Waals surface area contributed by atoms with E-state index in [-0.39, 0.29) is 12.4 Å². The zero-order chi connectivity index (χ0) is 16.5. The monoisotopic (exact) mass is 345 g/mol. The van der Waals surface area contributed by atoms with Crippen LogP contribution in [0.4, 0.5) is 0 Å². The molecule has 0 aliphatic heterocycles. The van der Waals surface area contributed by atoms with Crippen molar-refractivity contribution < 1.29 is 16.9 Å². The highest BCUT2D eigenvalue weighted by Crippen LogP contribution is 2.13. The highest BCUT2D eigenvalue weighted by molar-refractivity contribution is 4.72. The van der Waals surface area contributed by atoms with Crippen LogP contribution in [0.3, 0.4) is 0 Å². The Balaban J connectivity index is 0. The first kappa shape index (κ1) is 25.2. The molecule has 140 valence electrons. The molecule has 0 aromatic rings. The van der Waals surface area contributed by atoms with Crippen LogP contribution in [0, 0.1) is 0 Å². The van der Waals surface area contributed by atoms with E-state index in [4.69, 9.17) is 0 Å². The molecule has 0 aliphatic rings. The van der Waals surface area contributed by atoms with Gasteiger partial charge in [-0.2, -0.15) is 0 Å². The molecular formula is C21H44ClN. The number of rotatable bonds is 16. The zero-order valence-corrected chi connectivity index (χ0v) is 17.3. The second-order valence-electron chi connectivity index (χ2n) is 7.89. The van der Waals surface area contributed by atoms with Crippen molar-refractivity contribution in [1.82, 2.24) is 0 Å². The van der Waals surface area contributed by atoms with Crippen molar-refractivity contribution in [2.24, 2.45) is 0 Å². The van der Waals surface area contributed by atoms with E-state index in [9.17, 15) is 0 Å². The molecule has 0 heterocycles. The number of quaternary nitrogens is 1.